The number of aromatic nitrogens is 1. The Hall–Kier alpha value is -0.690. The van der Waals surface area contributed by atoms with Crippen molar-refractivity contribution in [1.82, 2.24) is 9.29 Å². The Labute approximate surface area is 101 Å². The number of pyridine rings is 1. The molecule has 0 aromatic carbocycles. The monoisotopic (exact) mass is 263 g/mol. The fraction of sp³-hybridized carbons (Fsp3) is 0.444. The van der Waals surface area contributed by atoms with Gasteiger partial charge in [-0.05, 0) is 18.6 Å². The number of nitrogens with zero attached hydrogens (tertiary/aromatic N) is 2. The van der Waals surface area contributed by atoms with Crippen LogP contribution in [0, 0.1) is 0 Å². The first-order valence-electron chi connectivity index (χ1n) is 4.76. The largest absolute Gasteiger partial charge is 0.326 e. The lowest BCUT2D eigenvalue weighted by Gasteiger charge is -2.15. The number of hydrogen-bond acceptors (Lipinski definition) is 4. The number of sulfonamides is 1. The van der Waals surface area contributed by atoms with Gasteiger partial charge in [-0.3, -0.25) is 4.98 Å². The third-order valence-corrected chi connectivity index (χ3v) is 4.31. The summed E-state index contributed by atoms with van der Waals surface area (Å²) in [6, 6.07) is 3.12. The van der Waals surface area contributed by atoms with Crippen molar-refractivity contribution in [2.75, 3.05) is 13.1 Å². The highest BCUT2D eigenvalue weighted by molar-refractivity contribution is 7.89. The molecule has 7 heteroatoms. The summed E-state index contributed by atoms with van der Waals surface area (Å²) < 4.78 is 25.4. The Balaban J connectivity index is 0.00000128. The zero-order chi connectivity index (χ0) is 10.9. The van der Waals surface area contributed by atoms with Crippen molar-refractivity contribution >= 4 is 22.4 Å². The molecule has 1 aromatic heterocycles. The van der Waals surface area contributed by atoms with E-state index < -0.39 is 10.0 Å². The van der Waals surface area contributed by atoms with E-state index >= 15 is 0 Å². The minimum Gasteiger partial charge on any atom is -0.326 e. The average molecular weight is 264 g/mol. The second-order valence-electron chi connectivity index (χ2n) is 3.60. The Kier molecular flexibility index (Phi) is 4.26. The molecule has 1 atom stereocenters. The predicted molar refractivity (Wildman–Crippen MR) is 62.8 cm³/mol. The number of nitrogens with two attached hydrogens (primary N) is 1. The molecular weight excluding hydrogens is 250 g/mol. The summed E-state index contributed by atoms with van der Waals surface area (Å²) in [6.45, 7) is 0.898. The summed E-state index contributed by atoms with van der Waals surface area (Å²) >= 11 is 0. The first-order valence-corrected chi connectivity index (χ1v) is 6.20. The van der Waals surface area contributed by atoms with Crippen molar-refractivity contribution in [3.05, 3.63) is 24.5 Å². The Morgan fingerprint density at radius 2 is 2.25 bits per heavy atom. The first kappa shape index (κ1) is 13.4. The second-order valence-corrected chi connectivity index (χ2v) is 5.54. The standard InChI is InChI=1S/C9H13N3O2S.ClH/c10-8-3-5-12(7-8)15(13,14)9-2-1-4-11-6-9;/h1-2,4,6,8H,3,5,7,10H2;1H/t8-;/m1./s1. The third kappa shape index (κ3) is 2.52. The van der Waals surface area contributed by atoms with Gasteiger partial charge in [-0.1, -0.05) is 0 Å². The maximum Gasteiger partial charge on any atom is 0.244 e. The summed E-state index contributed by atoms with van der Waals surface area (Å²) in [6.07, 6.45) is 3.63. The molecule has 0 spiro atoms. The molecule has 0 radical (unpaired) electrons. The molecule has 1 aliphatic heterocycles. The Morgan fingerprint density at radius 3 is 2.75 bits per heavy atom. The highest BCUT2D eigenvalue weighted by atomic mass is 35.5. The van der Waals surface area contributed by atoms with Crippen molar-refractivity contribution in [3.63, 3.8) is 0 Å². The number of hydrogen-bond donors (Lipinski definition) is 1. The van der Waals surface area contributed by atoms with E-state index in [1.807, 2.05) is 0 Å². The molecule has 0 aliphatic carbocycles. The van der Waals surface area contributed by atoms with Crippen LogP contribution in [0.2, 0.25) is 0 Å². The van der Waals surface area contributed by atoms with Gasteiger partial charge in [0.15, 0.2) is 0 Å². The Bertz CT molecular complexity index is 437. The highest BCUT2D eigenvalue weighted by Crippen LogP contribution is 2.19. The van der Waals surface area contributed by atoms with Crippen molar-refractivity contribution in [2.24, 2.45) is 5.73 Å². The molecule has 0 amide bonds. The van der Waals surface area contributed by atoms with Crippen LogP contribution in [0.5, 0.6) is 0 Å². The van der Waals surface area contributed by atoms with Crippen LogP contribution in [0.1, 0.15) is 6.42 Å². The van der Waals surface area contributed by atoms with Gasteiger partial charge in [-0.25, -0.2) is 8.42 Å². The summed E-state index contributed by atoms with van der Waals surface area (Å²) in [7, 11) is -3.38. The van der Waals surface area contributed by atoms with Gasteiger partial charge >= 0.3 is 0 Å². The van der Waals surface area contributed by atoms with Gasteiger partial charge < -0.3 is 5.73 Å². The van der Waals surface area contributed by atoms with Crippen LogP contribution in [0.15, 0.2) is 29.4 Å². The van der Waals surface area contributed by atoms with Gasteiger partial charge in [-0.15, -0.1) is 12.4 Å². The highest BCUT2D eigenvalue weighted by Gasteiger charge is 2.30. The number of rotatable bonds is 2. The zero-order valence-electron chi connectivity index (χ0n) is 8.61. The molecule has 0 saturated carbocycles. The van der Waals surface area contributed by atoms with Crippen molar-refractivity contribution in [3.8, 4) is 0 Å². The van der Waals surface area contributed by atoms with Crippen molar-refractivity contribution < 1.29 is 8.42 Å². The van der Waals surface area contributed by atoms with E-state index in [1.165, 1.54) is 10.5 Å². The summed E-state index contributed by atoms with van der Waals surface area (Å²) in [4.78, 5) is 4.04. The lowest BCUT2D eigenvalue weighted by molar-refractivity contribution is 0.472. The first-order chi connectivity index (χ1) is 7.10. The maximum atomic E-state index is 12.0. The molecule has 5 nitrogen and oxygen atoms in total. The smallest absolute Gasteiger partial charge is 0.244 e. The van der Waals surface area contributed by atoms with Gasteiger partial charge in [0.1, 0.15) is 4.90 Å². The van der Waals surface area contributed by atoms with Gasteiger partial charge in [0.2, 0.25) is 10.0 Å². The summed E-state index contributed by atoms with van der Waals surface area (Å²) in [5.41, 5.74) is 5.68. The van der Waals surface area contributed by atoms with Gasteiger partial charge in [-0.2, -0.15) is 4.31 Å². The molecule has 0 unspecified atom stereocenters. The maximum absolute atomic E-state index is 12.0. The van der Waals surface area contributed by atoms with Crippen LogP contribution in [-0.2, 0) is 10.0 Å². The molecule has 2 rings (SSSR count). The molecule has 1 saturated heterocycles. The molecule has 90 valence electrons. The van der Waals surface area contributed by atoms with Crippen LogP contribution in [0.25, 0.3) is 0 Å². The quantitative estimate of drug-likeness (QED) is 0.829. The predicted octanol–water partition coefficient (Wildman–Crippen LogP) is 0.225. The van der Waals surface area contributed by atoms with E-state index in [-0.39, 0.29) is 23.3 Å². The molecule has 2 heterocycles. The van der Waals surface area contributed by atoms with E-state index in [9.17, 15) is 8.42 Å². The van der Waals surface area contributed by atoms with Gasteiger partial charge in [0, 0.05) is 31.5 Å². The fourth-order valence-electron chi connectivity index (χ4n) is 1.62. The average Bonchev–Trinajstić information content (AvgIpc) is 2.67. The molecule has 0 bridgehead atoms. The minimum atomic E-state index is -3.38. The zero-order valence-corrected chi connectivity index (χ0v) is 10.2. The van der Waals surface area contributed by atoms with Gasteiger partial charge in [0.05, 0.1) is 0 Å². The van der Waals surface area contributed by atoms with E-state index in [0.717, 1.165) is 6.42 Å². The molecule has 2 N–H and O–H groups in total. The Morgan fingerprint density at radius 1 is 1.50 bits per heavy atom. The SMILES string of the molecule is Cl.N[C@@H]1CCN(S(=O)(=O)c2cccnc2)C1. The number of halogens is 1. The lowest BCUT2D eigenvalue weighted by atomic mass is 10.3. The van der Waals surface area contributed by atoms with E-state index in [0.29, 0.717) is 13.1 Å². The van der Waals surface area contributed by atoms with Crippen molar-refractivity contribution in [2.45, 2.75) is 17.4 Å². The van der Waals surface area contributed by atoms with E-state index in [4.69, 9.17) is 5.73 Å². The normalized spacial score (nSPS) is 21.7. The third-order valence-electron chi connectivity index (χ3n) is 2.46. The van der Waals surface area contributed by atoms with Crippen LogP contribution in [0.4, 0.5) is 0 Å². The summed E-state index contributed by atoms with van der Waals surface area (Å²) in [5.74, 6) is 0. The molecule has 16 heavy (non-hydrogen) atoms. The van der Waals surface area contributed by atoms with Crippen LogP contribution >= 0.6 is 12.4 Å². The van der Waals surface area contributed by atoms with Crippen LogP contribution in [-0.4, -0.2) is 36.8 Å². The van der Waals surface area contributed by atoms with Crippen LogP contribution in [0.3, 0.4) is 0 Å². The van der Waals surface area contributed by atoms with E-state index in [2.05, 4.69) is 4.98 Å². The fourth-order valence-corrected chi connectivity index (χ4v) is 3.10. The van der Waals surface area contributed by atoms with Crippen molar-refractivity contribution in [1.29, 1.82) is 0 Å². The molecular formula is C9H14ClN3O2S. The summed E-state index contributed by atoms with van der Waals surface area (Å²) in [5, 5.41) is 0. The lowest BCUT2D eigenvalue weighted by Crippen LogP contribution is -2.31. The van der Waals surface area contributed by atoms with E-state index in [1.54, 1.807) is 18.3 Å². The van der Waals surface area contributed by atoms with Gasteiger partial charge in [0.25, 0.3) is 0 Å². The second kappa shape index (κ2) is 5.09. The molecule has 1 aromatic rings. The topological polar surface area (TPSA) is 76.3 Å². The molecule has 1 fully saturated rings. The van der Waals surface area contributed by atoms with Crippen LogP contribution < -0.4 is 5.73 Å². The molecule has 1 aliphatic rings. The minimum absolute atomic E-state index is 0.